The number of hydrogen-bond acceptors (Lipinski definition) is 6. The standard InChI is InChI=1S/C17H20ClFN6O/c18-14-11-15(23-17(20)22-14)25-9-7-24(8-10-25)6-5-21-16(26)12-3-1-2-4-13(12)19/h1-4,11H,5-10H2,(H,21,26)(H2,20,22,23). The van der Waals surface area contributed by atoms with Crippen molar-refractivity contribution >= 4 is 29.3 Å². The van der Waals surface area contributed by atoms with E-state index in [1.54, 1.807) is 18.2 Å². The molecule has 2 aromatic rings. The fourth-order valence-electron chi connectivity index (χ4n) is 2.85. The van der Waals surface area contributed by atoms with Gasteiger partial charge in [0.2, 0.25) is 5.95 Å². The monoisotopic (exact) mass is 378 g/mol. The quantitative estimate of drug-likeness (QED) is 0.765. The number of carbonyl (C=O) groups is 1. The zero-order valence-electron chi connectivity index (χ0n) is 14.2. The second kappa shape index (κ2) is 8.29. The number of hydrogen-bond donors (Lipinski definition) is 2. The summed E-state index contributed by atoms with van der Waals surface area (Å²) < 4.78 is 13.6. The van der Waals surface area contributed by atoms with Gasteiger partial charge in [-0.3, -0.25) is 9.69 Å². The number of nitrogens with two attached hydrogens (primary N) is 1. The molecular weight excluding hydrogens is 359 g/mol. The predicted molar refractivity (Wildman–Crippen MR) is 98.8 cm³/mol. The number of rotatable bonds is 5. The Morgan fingerprint density at radius 1 is 1.23 bits per heavy atom. The summed E-state index contributed by atoms with van der Waals surface area (Å²) >= 11 is 5.92. The van der Waals surface area contributed by atoms with Gasteiger partial charge in [0.1, 0.15) is 16.8 Å². The van der Waals surface area contributed by atoms with Crippen LogP contribution in [0.3, 0.4) is 0 Å². The van der Waals surface area contributed by atoms with Gasteiger partial charge < -0.3 is 16.0 Å². The molecule has 1 fully saturated rings. The van der Waals surface area contributed by atoms with Crippen LogP contribution >= 0.6 is 11.6 Å². The summed E-state index contributed by atoms with van der Waals surface area (Å²) in [5, 5.41) is 3.08. The van der Waals surface area contributed by atoms with E-state index >= 15 is 0 Å². The van der Waals surface area contributed by atoms with Gasteiger partial charge >= 0.3 is 0 Å². The number of nitrogen functional groups attached to an aromatic ring is 1. The number of piperazine rings is 1. The lowest BCUT2D eigenvalue weighted by Crippen LogP contribution is -2.48. The van der Waals surface area contributed by atoms with Crippen molar-refractivity contribution in [3.63, 3.8) is 0 Å². The lowest BCUT2D eigenvalue weighted by atomic mass is 10.2. The highest BCUT2D eigenvalue weighted by Crippen LogP contribution is 2.18. The van der Waals surface area contributed by atoms with Gasteiger partial charge in [-0.1, -0.05) is 23.7 Å². The first kappa shape index (κ1) is 18.3. The average Bonchev–Trinajstić information content (AvgIpc) is 2.62. The summed E-state index contributed by atoms with van der Waals surface area (Å²) in [6.45, 7) is 4.33. The second-order valence-corrected chi connectivity index (χ2v) is 6.36. The van der Waals surface area contributed by atoms with Gasteiger partial charge in [0.05, 0.1) is 5.56 Å². The molecule has 0 saturated carbocycles. The molecule has 3 rings (SSSR count). The Morgan fingerprint density at radius 2 is 1.96 bits per heavy atom. The highest BCUT2D eigenvalue weighted by molar-refractivity contribution is 6.29. The van der Waals surface area contributed by atoms with Gasteiger partial charge in [-0.15, -0.1) is 0 Å². The van der Waals surface area contributed by atoms with Crippen LogP contribution in [0.5, 0.6) is 0 Å². The summed E-state index contributed by atoms with van der Waals surface area (Å²) in [6.07, 6.45) is 0. The minimum absolute atomic E-state index is 0.0653. The summed E-state index contributed by atoms with van der Waals surface area (Å²) in [7, 11) is 0. The van der Waals surface area contributed by atoms with E-state index in [4.69, 9.17) is 17.3 Å². The summed E-state index contributed by atoms with van der Waals surface area (Å²) in [5.41, 5.74) is 5.70. The van der Waals surface area contributed by atoms with E-state index < -0.39 is 11.7 Å². The van der Waals surface area contributed by atoms with E-state index in [1.165, 1.54) is 12.1 Å². The van der Waals surface area contributed by atoms with Crippen LogP contribution < -0.4 is 16.0 Å². The molecule has 7 nitrogen and oxygen atoms in total. The SMILES string of the molecule is Nc1nc(Cl)cc(N2CCN(CCNC(=O)c3ccccc3F)CC2)n1. The van der Waals surface area contributed by atoms with Crippen LogP contribution in [-0.2, 0) is 0 Å². The van der Waals surface area contributed by atoms with Gasteiger partial charge in [-0.05, 0) is 12.1 Å². The number of amides is 1. The zero-order chi connectivity index (χ0) is 18.5. The molecule has 1 aromatic heterocycles. The third-order valence-electron chi connectivity index (χ3n) is 4.23. The van der Waals surface area contributed by atoms with E-state index in [-0.39, 0.29) is 11.5 Å². The molecule has 1 amide bonds. The molecule has 0 radical (unpaired) electrons. The van der Waals surface area contributed by atoms with Crippen LogP contribution in [0, 0.1) is 5.82 Å². The molecule has 2 heterocycles. The fourth-order valence-corrected chi connectivity index (χ4v) is 3.04. The number of nitrogens with zero attached hydrogens (tertiary/aromatic N) is 4. The summed E-state index contributed by atoms with van der Waals surface area (Å²) in [6, 6.07) is 7.65. The van der Waals surface area contributed by atoms with Crippen molar-refractivity contribution in [2.24, 2.45) is 0 Å². The van der Waals surface area contributed by atoms with Crippen molar-refractivity contribution in [3.05, 3.63) is 46.9 Å². The minimum Gasteiger partial charge on any atom is -0.368 e. The Kier molecular flexibility index (Phi) is 5.85. The third kappa shape index (κ3) is 4.59. The molecule has 1 aliphatic rings. The minimum atomic E-state index is -0.513. The maximum Gasteiger partial charge on any atom is 0.254 e. The first-order chi connectivity index (χ1) is 12.5. The van der Waals surface area contributed by atoms with Crippen LogP contribution in [0.1, 0.15) is 10.4 Å². The van der Waals surface area contributed by atoms with E-state index in [1.807, 2.05) is 0 Å². The predicted octanol–water partition coefficient (Wildman–Crippen LogP) is 1.40. The molecule has 0 unspecified atom stereocenters. The van der Waals surface area contributed by atoms with Gasteiger partial charge in [-0.25, -0.2) is 9.37 Å². The lowest BCUT2D eigenvalue weighted by Gasteiger charge is -2.35. The molecule has 0 aliphatic carbocycles. The van der Waals surface area contributed by atoms with Gasteiger partial charge in [0.15, 0.2) is 0 Å². The third-order valence-corrected chi connectivity index (χ3v) is 4.42. The average molecular weight is 379 g/mol. The molecule has 0 atom stereocenters. The van der Waals surface area contributed by atoms with Crippen LogP contribution in [0.25, 0.3) is 0 Å². The first-order valence-corrected chi connectivity index (χ1v) is 8.71. The van der Waals surface area contributed by atoms with Gasteiger partial charge in [-0.2, -0.15) is 4.98 Å². The molecule has 1 saturated heterocycles. The number of halogens is 2. The van der Waals surface area contributed by atoms with Crippen molar-refractivity contribution in [1.82, 2.24) is 20.2 Å². The zero-order valence-corrected chi connectivity index (χ0v) is 14.9. The number of anilines is 2. The van der Waals surface area contributed by atoms with Gasteiger partial charge in [0, 0.05) is 45.3 Å². The van der Waals surface area contributed by atoms with Crippen molar-refractivity contribution in [3.8, 4) is 0 Å². The van der Waals surface area contributed by atoms with E-state index in [2.05, 4.69) is 25.1 Å². The maximum atomic E-state index is 13.6. The molecule has 0 bridgehead atoms. The highest BCUT2D eigenvalue weighted by atomic mass is 35.5. The Morgan fingerprint density at radius 3 is 2.65 bits per heavy atom. The van der Waals surface area contributed by atoms with E-state index in [9.17, 15) is 9.18 Å². The molecule has 9 heteroatoms. The Labute approximate surface area is 156 Å². The van der Waals surface area contributed by atoms with Crippen molar-refractivity contribution < 1.29 is 9.18 Å². The van der Waals surface area contributed by atoms with Crippen LogP contribution in [0.15, 0.2) is 30.3 Å². The second-order valence-electron chi connectivity index (χ2n) is 5.97. The number of benzene rings is 1. The number of nitrogens with one attached hydrogen (secondary N) is 1. The summed E-state index contributed by atoms with van der Waals surface area (Å²) in [4.78, 5) is 24.4. The fraction of sp³-hybridized carbons (Fsp3) is 0.353. The van der Waals surface area contributed by atoms with Crippen LogP contribution in [0.2, 0.25) is 5.15 Å². The van der Waals surface area contributed by atoms with Crippen LogP contribution in [-0.4, -0.2) is 60.0 Å². The van der Waals surface area contributed by atoms with Gasteiger partial charge in [0.25, 0.3) is 5.91 Å². The molecule has 26 heavy (non-hydrogen) atoms. The smallest absolute Gasteiger partial charge is 0.254 e. The normalized spacial score (nSPS) is 15.1. The van der Waals surface area contributed by atoms with Crippen LogP contribution in [0.4, 0.5) is 16.2 Å². The lowest BCUT2D eigenvalue weighted by molar-refractivity contribution is 0.0943. The largest absolute Gasteiger partial charge is 0.368 e. The molecule has 138 valence electrons. The van der Waals surface area contributed by atoms with Crippen molar-refractivity contribution in [2.45, 2.75) is 0 Å². The molecular formula is C17H20ClFN6O. The molecule has 3 N–H and O–H groups in total. The van der Waals surface area contributed by atoms with E-state index in [0.29, 0.717) is 18.2 Å². The highest BCUT2D eigenvalue weighted by Gasteiger charge is 2.19. The maximum absolute atomic E-state index is 13.6. The number of aromatic nitrogens is 2. The summed E-state index contributed by atoms with van der Waals surface area (Å²) in [5.74, 6) is -0.0324. The Hall–Kier alpha value is -2.45. The topological polar surface area (TPSA) is 87.4 Å². The first-order valence-electron chi connectivity index (χ1n) is 8.33. The Bertz CT molecular complexity index is 761. The molecule has 1 aromatic carbocycles. The Balaban J connectivity index is 1.44. The van der Waals surface area contributed by atoms with Crippen molar-refractivity contribution in [2.75, 3.05) is 49.9 Å². The molecule has 1 aliphatic heterocycles. The van der Waals surface area contributed by atoms with Crippen molar-refractivity contribution in [1.29, 1.82) is 0 Å². The molecule has 0 spiro atoms. The van der Waals surface area contributed by atoms with E-state index in [0.717, 1.165) is 32.0 Å². The number of carbonyl (C=O) groups excluding carboxylic acids is 1.